The van der Waals surface area contributed by atoms with Crippen molar-refractivity contribution in [3.63, 3.8) is 0 Å². The Morgan fingerprint density at radius 3 is 2.57 bits per heavy atom. The molecule has 0 aliphatic rings. The quantitative estimate of drug-likeness (QED) is 0.633. The number of carbonyl (C=O) groups excluding carboxylic acids is 1. The number of carbonyl (C=O) groups is 1. The number of hydrogen-bond acceptors (Lipinski definition) is 5. The van der Waals surface area contributed by atoms with E-state index in [1.807, 2.05) is 24.3 Å². The lowest BCUT2D eigenvalue weighted by Crippen LogP contribution is -2.25. The van der Waals surface area contributed by atoms with Crippen LogP contribution in [0, 0.1) is 6.92 Å². The topological polar surface area (TPSA) is 106 Å². The van der Waals surface area contributed by atoms with Crippen LogP contribution in [0.15, 0.2) is 60.0 Å². The third-order valence-corrected chi connectivity index (χ3v) is 5.71. The van der Waals surface area contributed by atoms with Gasteiger partial charge in [-0.15, -0.1) is 0 Å². The standard InChI is InChI=1S/C19H21N5O3S/c1-14-7-8-18(23-15(2)25)9-19(14)28(26,27)22-10-16-5-3-4-6-17(16)11-24-13-20-12-21-24/h3-9,12-13,22H,10-11H2,1-2H3,(H,23,25). The van der Waals surface area contributed by atoms with Crippen LogP contribution in [-0.2, 0) is 27.9 Å². The lowest BCUT2D eigenvalue weighted by molar-refractivity contribution is -0.114. The Kier molecular flexibility index (Phi) is 5.86. The van der Waals surface area contributed by atoms with E-state index in [1.54, 1.807) is 30.1 Å². The highest BCUT2D eigenvalue weighted by Gasteiger charge is 2.18. The fourth-order valence-electron chi connectivity index (χ4n) is 2.79. The fraction of sp³-hybridized carbons (Fsp3) is 0.211. The molecule has 0 aliphatic heterocycles. The van der Waals surface area contributed by atoms with Gasteiger partial charge in [0.15, 0.2) is 0 Å². The van der Waals surface area contributed by atoms with E-state index < -0.39 is 10.0 Å². The highest BCUT2D eigenvalue weighted by molar-refractivity contribution is 7.89. The van der Waals surface area contributed by atoms with Crippen LogP contribution < -0.4 is 10.0 Å². The first-order valence-corrected chi connectivity index (χ1v) is 10.1. The van der Waals surface area contributed by atoms with Crippen LogP contribution in [0.5, 0.6) is 0 Å². The van der Waals surface area contributed by atoms with Gasteiger partial charge in [0.25, 0.3) is 0 Å². The van der Waals surface area contributed by atoms with Crippen molar-refractivity contribution in [1.82, 2.24) is 19.5 Å². The van der Waals surface area contributed by atoms with E-state index >= 15 is 0 Å². The fourth-order valence-corrected chi connectivity index (χ4v) is 4.07. The van der Waals surface area contributed by atoms with Crippen molar-refractivity contribution >= 4 is 21.6 Å². The molecule has 3 aromatic rings. The third-order valence-electron chi connectivity index (χ3n) is 4.17. The summed E-state index contributed by atoms with van der Waals surface area (Å²) in [6, 6.07) is 12.3. The molecule has 9 heteroatoms. The first kappa shape index (κ1) is 19.7. The zero-order valence-corrected chi connectivity index (χ0v) is 16.4. The number of hydrogen-bond donors (Lipinski definition) is 2. The number of nitrogens with one attached hydrogen (secondary N) is 2. The van der Waals surface area contributed by atoms with Crippen molar-refractivity contribution in [2.45, 2.75) is 31.8 Å². The summed E-state index contributed by atoms with van der Waals surface area (Å²) in [6.07, 6.45) is 3.06. The number of amides is 1. The number of nitrogens with zero attached hydrogens (tertiary/aromatic N) is 3. The molecule has 0 atom stereocenters. The smallest absolute Gasteiger partial charge is 0.241 e. The van der Waals surface area contributed by atoms with Gasteiger partial charge in [0.2, 0.25) is 15.9 Å². The normalized spacial score (nSPS) is 11.4. The van der Waals surface area contributed by atoms with Gasteiger partial charge in [0.05, 0.1) is 11.4 Å². The molecule has 1 heterocycles. The minimum Gasteiger partial charge on any atom is -0.326 e. The second-order valence-electron chi connectivity index (χ2n) is 6.35. The molecule has 2 aromatic carbocycles. The molecular weight excluding hydrogens is 378 g/mol. The summed E-state index contributed by atoms with van der Waals surface area (Å²) in [5.74, 6) is -0.262. The van der Waals surface area contributed by atoms with Crippen LogP contribution in [0.25, 0.3) is 0 Å². The lowest BCUT2D eigenvalue weighted by atomic mass is 10.1. The Morgan fingerprint density at radius 1 is 1.14 bits per heavy atom. The number of anilines is 1. The number of rotatable bonds is 7. The molecule has 146 valence electrons. The average molecular weight is 399 g/mol. The van der Waals surface area contributed by atoms with Crippen molar-refractivity contribution in [3.8, 4) is 0 Å². The Hall–Kier alpha value is -3.04. The zero-order chi connectivity index (χ0) is 20.1. The van der Waals surface area contributed by atoms with E-state index in [9.17, 15) is 13.2 Å². The number of benzene rings is 2. The van der Waals surface area contributed by atoms with E-state index in [-0.39, 0.29) is 17.3 Å². The minimum atomic E-state index is -3.76. The Balaban J connectivity index is 1.80. The molecule has 0 aliphatic carbocycles. The summed E-state index contributed by atoms with van der Waals surface area (Å²) in [7, 11) is -3.76. The second-order valence-corrected chi connectivity index (χ2v) is 8.08. The molecule has 0 radical (unpaired) electrons. The van der Waals surface area contributed by atoms with Crippen LogP contribution in [0.3, 0.4) is 0 Å². The molecule has 8 nitrogen and oxygen atoms in total. The van der Waals surface area contributed by atoms with E-state index in [0.717, 1.165) is 11.1 Å². The number of aromatic nitrogens is 3. The molecule has 2 N–H and O–H groups in total. The summed E-state index contributed by atoms with van der Waals surface area (Å²) in [6.45, 7) is 3.72. The summed E-state index contributed by atoms with van der Waals surface area (Å²) < 4.78 is 30.0. The highest BCUT2D eigenvalue weighted by atomic mass is 32.2. The molecular formula is C19H21N5O3S. The molecule has 0 saturated carbocycles. The first-order valence-electron chi connectivity index (χ1n) is 8.62. The third kappa shape index (κ3) is 4.81. The molecule has 1 aromatic heterocycles. The van der Waals surface area contributed by atoms with Crippen molar-refractivity contribution in [2.75, 3.05) is 5.32 Å². The van der Waals surface area contributed by atoms with Gasteiger partial charge in [-0.25, -0.2) is 22.8 Å². The maximum atomic E-state index is 12.8. The lowest BCUT2D eigenvalue weighted by Gasteiger charge is -2.13. The molecule has 3 rings (SSSR count). The average Bonchev–Trinajstić information content (AvgIpc) is 3.15. The molecule has 0 fully saturated rings. The van der Waals surface area contributed by atoms with Crippen molar-refractivity contribution < 1.29 is 13.2 Å². The van der Waals surface area contributed by atoms with Gasteiger partial charge in [0.1, 0.15) is 12.7 Å². The zero-order valence-electron chi connectivity index (χ0n) is 15.6. The molecule has 0 spiro atoms. The first-order chi connectivity index (χ1) is 13.3. The summed E-state index contributed by atoms with van der Waals surface area (Å²) >= 11 is 0. The molecule has 0 unspecified atom stereocenters. The Labute approximate surface area is 163 Å². The second kappa shape index (κ2) is 8.32. The van der Waals surface area contributed by atoms with Crippen molar-refractivity contribution in [1.29, 1.82) is 0 Å². The van der Waals surface area contributed by atoms with Gasteiger partial charge >= 0.3 is 0 Å². The van der Waals surface area contributed by atoms with E-state index in [0.29, 0.717) is 17.8 Å². The van der Waals surface area contributed by atoms with Crippen LogP contribution in [0.4, 0.5) is 5.69 Å². The number of aryl methyl sites for hydroxylation is 1. The van der Waals surface area contributed by atoms with Gasteiger partial charge in [-0.1, -0.05) is 30.3 Å². The van der Waals surface area contributed by atoms with Crippen molar-refractivity contribution in [3.05, 3.63) is 71.8 Å². The van der Waals surface area contributed by atoms with Crippen LogP contribution in [-0.4, -0.2) is 29.1 Å². The van der Waals surface area contributed by atoms with E-state index in [4.69, 9.17) is 0 Å². The van der Waals surface area contributed by atoms with Gasteiger partial charge in [-0.3, -0.25) is 4.79 Å². The monoisotopic (exact) mass is 399 g/mol. The van der Waals surface area contributed by atoms with Crippen LogP contribution in [0.2, 0.25) is 0 Å². The Morgan fingerprint density at radius 2 is 1.89 bits per heavy atom. The van der Waals surface area contributed by atoms with Gasteiger partial charge in [-0.05, 0) is 35.7 Å². The Bertz CT molecular complexity index is 1080. The maximum absolute atomic E-state index is 12.8. The molecule has 28 heavy (non-hydrogen) atoms. The van der Waals surface area contributed by atoms with Gasteiger partial charge < -0.3 is 5.32 Å². The molecule has 0 bridgehead atoms. The van der Waals surface area contributed by atoms with E-state index in [1.165, 1.54) is 19.3 Å². The summed E-state index contributed by atoms with van der Waals surface area (Å²) in [5.41, 5.74) is 2.82. The predicted molar refractivity (Wildman–Crippen MR) is 105 cm³/mol. The maximum Gasteiger partial charge on any atom is 0.241 e. The summed E-state index contributed by atoms with van der Waals surface area (Å²) in [5, 5.41) is 6.69. The van der Waals surface area contributed by atoms with Crippen molar-refractivity contribution in [2.24, 2.45) is 0 Å². The van der Waals surface area contributed by atoms with Gasteiger partial charge in [-0.2, -0.15) is 5.10 Å². The van der Waals surface area contributed by atoms with E-state index in [2.05, 4.69) is 20.1 Å². The predicted octanol–water partition coefficient (Wildman–Crippen LogP) is 2.07. The van der Waals surface area contributed by atoms with Crippen LogP contribution in [0.1, 0.15) is 23.6 Å². The summed E-state index contributed by atoms with van der Waals surface area (Å²) in [4.78, 5) is 15.3. The number of sulfonamides is 1. The highest BCUT2D eigenvalue weighted by Crippen LogP contribution is 2.21. The minimum absolute atomic E-state index is 0.132. The molecule has 1 amide bonds. The SMILES string of the molecule is CC(=O)Nc1ccc(C)c(S(=O)(=O)NCc2ccccc2Cn2cncn2)c1. The largest absolute Gasteiger partial charge is 0.326 e. The van der Waals surface area contributed by atoms with Crippen LogP contribution >= 0.6 is 0 Å². The molecule has 0 saturated heterocycles. The van der Waals surface area contributed by atoms with Gasteiger partial charge in [0, 0.05) is 19.2 Å².